The number of benzene rings is 1. The second-order valence-corrected chi connectivity index (χ2v) is 5.26. The van der Waals surface area contributed by atoms with E-state index in [0.717, 1.165) is 6.92 Å². The van der Waals surface area contributed by atoms with Crippen molar-refractivity contribution in [3.63, 3.8) is 0 Å². The first-order chi connectivity index (χ1) is 9.88. The number of nitrogens with one attached hydrogen (secondary N) is 1. The summed E-state index contributed by atoms with van der Waals surface area (Å²) in [5, 5.41) is 2.60. The van der Waals surface area contributed by atoms with Gasteiger partial charge in [-0.3, -0.25) is 0 Å². The Hall–Kier alpha value is -1.43. The Balaban J connectivity index is 2.38. The zero-order valence-corrected chi connectivity index (χ0v) is 12.2. The van der Waals surface area contributed by atoms with Crippen molar-refractivity contribution < 1.29 is 22.6 Å². The smallest absolute Gasteiger partial charge is 0.410 e. The average molecular weight is 303 g/mol. The number of fused-ring (bicyclic) bond motifs is 1. The minimum absolute atomic E-state index is 0.132. The minimum atomic E-state index is -4.40. The van der Waals surface area contributed by atoms with Crippen LogP contribution in [0, 0.1) is 0 Å². The third kappa shape index (κ3) is 3.26. The molecule has 1 aromatic rings. The van der Waals surface area contributed by atoms with Crippen LogP contribution in [0.4, 0.5) is 13.2 Å². The summed E-state index contributed by atoms with van der Waals surface area (Å²) < 4.78 is 51.4. The zero-order valence-electron chi connectivity index (χ0n) is 12.2. The summed E-state index contributed by atoms with van der Waals surface area (Å²) in [5.74, 6) is 0.870. The Morgan fingerprint density at radius 2 is 1.81 bits per heavy atom. The van der Waals surface area contributed by atoms with E-state index in [1.54, 1.807) is 6.07 Å². The third-order valence-electron chi connectivity index (χ3n) is 3.62. The maximum atomic E-state index is 13.5. The van der Waals surface area contributed by atoms with Gasteiger partial charge in [0.2, 0.25) is 0 Å². The molecule has 1 aromatic carbocycles. The lowest BCUT2D eigenvalue weighted by Gasteiger charge is -2.34. The molecule has 0 spiro atoms. The van der Waals surface area contributed by atoms with E-state index < -0.39 is 11.7 Å². The number of rotatable bonds is 4. The molecule has 0 amide bonds. The molecule has 1 aliphatic rings. The fraction of sp³-hybridized carbons (Fsp3) is 0.600. The molecule has 2 rings (SSSR count). The van der Waals surface area contributed by atoms with Crippen molar-refractivity contribution in [1.29, 1.82) is 0 Å². The quantitative estimate of drug-likeness (QED) is 0.921. The van der Waals surface area contributed by atoms with Gasteiger partial charge in [-0.1, -0.05) is 13.0 Å². The van der Waals surface area contributed by atoms with Gasteiger partial charge in [0.15, 0.2) is 11.5 Å². The summed E-state index contributed by atoms with van der Waals surface area (Å²) in [6, 6.07) is 4.42. The lowest BCUT2D eigenvalue weighted by Crippen LogP contribution is -2.51. The SMILES string of the molecule is CCCNC(C)(c1ccc2c(c1)OCCCO2)C(F)(F)F. The number of ether oxygens (including phenoxy) is 2. The first kappa shape index (κ1) is 15.9. The van der Waals surface area contributed by atoms with Gasteiger partial charge in [0.05, 0.1) is 13.2 Å². The Labute approximate surface area is 122 Å². The summed E-state index contributed by atoms with van der Waals surface area (Å²) in [4.78, 5) is 0. The van der Waals surface area contributed by atoms with Gasteiger partial charge in [-0.05, 0) is 37.6 Å². The summed E-state index contributed by atoms with van der Waals surface area (Å²) in [7, 11) is 0. The highest BCUT2D eigenvalue weighted by molar-refractivity contribution is 5.45. The van der Waals surface area contributed by atoms with Crippen molar-refractivity contribution in [2.24, 2.45) is 0 Å². The van der Waals surface area contributed by atoms with E-state index in [1.165, 1.54) is 12.1 Å². The molecule has 1 unspecified atom stereocenters. The average Bonchev–Trinajstić information content (AvgIpc) is 2.67. The number of halogens is 3. The highest BCUT2D eigenvalue weighted by atomic mass is 19.4. The summed E-state index contributed by atoms with van der Waals surface area (Å²) in [6.07, 6.45) is -3.06. The summed E-state index contributed by atoms with van der Waals surface area (Å²) >= 11 is 0. The maximum absolute atomic E-state index is 13.5. The van der Waals surface area contributed by atoms with E-state index in [0.29, 0.717) is 37.6 Å². The van der Waals surface area contributed by atoms with E-state index in [1.807, 2.05) is 6.92 Å². The van der Waals surface area contributed by atoms with Gasteiger partial charge in [-0.25, -0.2) is 0 Å². The Morgan fingerprint density at radius 3 is 2.43 bits per heavy atom. The molecule has 6 heteroatoms. The van der Waals surface area contributed by atoms with Gasteiger partial charge in [0, 0.05) is 6.42 Å². The van der Waals surface area contributed by atoms with Gasteiger partial charge in [-0.15, -0.1) is 0 Å². The molecule has 0 saturated heterocycles. The summed E-state index contributed by atoms with van der Waals surface area (Å²) in [6.45, 7) is 4.22. The second-order valence-electron chi connectivity index (χ2n) is 5.26. The van der Waals surface area contributed by atoms with Crippen molar-refractivity contribution >= 4 is 0 Å². The van der Waals surface area contributed by atoms with Crippen LogP contribution >= 0.6 is 0 Å². The van der Waals surface area contributed by atoms with E-state index in [-0.39, 0.29) is 12.1 Å². The molecule has 3 nitrogen and oxygen atoms in total. The van der Waals surface area contributed by atoms with Crippen LogP contribution in [0.5, 0.6) is 11.5 Å². The van der Waals surface area contributed by atoms with E-state index in [9.17, 15) is 13.2 Å². The van der Waals surface area contributed by atoms with E-state index in [4.69, 9.17) is 9.47 Å². The van der Waals surface area contributed by atoms with Crippen molar-refractivity contribution in [3.8, 4) is 11.5 Å². The molecular formula is C15H20F3NO2. The molecule has 0 bridgehead atoms. The van der Waals surface area contributed by atoms with Crippen molar-refractivity contribution in [3.05, 3.63) is 23.8 Å². The lowest BCUT2D eigenvalue weighted by atomic mass is 9.90. The monoisotopic (exact) mass is 303 g/mol. The van der Waals surface area contributed by atoms with Crippen LogP contribution in [0.15, 0.2) is 18.2 Å². The minimum Gasteiger partial charge on any atom is -0.490 e. The molecule has 1 atom stereocenters. The molecule has 118 valence electrons. The van der Waals surface area contributed by atoms with Crippen molar-refractivity contribution in [2.75, 3.05) is 19.8 Å². The first-order valence-electron chi connectivity index (χ1n) is 7.10. The molecule has 0 fully saturated rings. The molecular weight excluding hydrogens is 283 g/mol. The van der Waals surface area contributed by atoms with Crippen LogP contribution in [-0.2, 0) is 5.54 Å². The van der Waals surface area contributed by atoms with Crippen LogP contribution in [0.2, 0.25) is 0 Å². The first-order valence-corrected chi connectivity index (χ1v) is 7.10. The fourth-order valence-electron chi connectivity index (χ4n) is 2.22. The van der Waals surface area contributed by atoms with Gasteiger partial charge < -0.3 is 14.8 Å². The molecule has 0 saturated carbocycles. The largest absolute Gasteiger partial charge is 0.490 e. The molecule has 1 heterocycles. The molecule has 0 aliphatic carbocycles. The molecule has 0 radical (unpaired) electrons. The fourth-order valence-corrected chi connectivity index (χ4v) is 2.22. The second kappa shape index (κ2) is 6.13. The highest BCUT2D eigenvalue weighted by Gasteiger charge is 2.52. The number of hydrogen-bond donors (Lipinski definition) is 1. The Kier molecular flexibility index (Phi) is 4.66. The number of hydrogen-bond acceptors (Lipinski definition) is 3. The van der Waals surface area contributed by atoms with Gasteiger partial charge in [0.25, 0.3) is 0 Å². The van der Waals surface area contributed by atoms with E-state index >= 15 is 0 Å². The van der Waals surface area contributed by atoms with Gasteiger partial charge >= 0.3 is 6.18 Å². The van der Waals surface area contributed by atoms with Crippen LogP contribution in [0.25, 0.3) is 0 Å². The van der Waals surface area contributed by atoms with E-state index in [2.05, 4.69) is 5.32 Å². The zero-order chi connectivity index (χ0) is 15.5. The lowest BCUT2D eigenvalue weighted by molar-refractivity contribution is -0.195. The molecule has 1 aliphatic heterocycles. The predicted octanol–water partition coefficient (Wildman–Crippen LogP) is 3.63. The third-order valence-corrected chi connectivity index (χ3v) is 3.62. The standard InChI is InChI=1S/C15H20F3NO2/c1-3-7-19-14(2,15(16,17)18)11-5-6-12-13(10-11)21-9-4-8-20-12/h5-6,10,19H,3-4,7-9H2,1-2H3. The Morgan fingerprint density at radius 1 is 1.14 bits per heavy atom. The molecule has 0 aromatic heterocycles. The van der Waals surface area contributed by atoms with Crippen LogP contribution < -0.4 is 14.8 Å². The molecule has 21 heavy (non-hydrogen) atoms. The van der Waals surface area contributed by atoms with Crippen LogP contribution in [0.3, 0.4) is 0 Å². The number of alkyl halides is 3. The Bertz CT molecular complexity index is 490. The predicted molar refractivity (Wildman–Crippen MR) is 73.7 cm³/mol. The highest BCUT2D eigenvalue weighted by Crippen LogP contribution is 2.42. The van der Waals surface area contributed by atoms with Crippen molar-refractivity contribution in [2.45, 2.75) is 38.4 Å². The molecule has 1 N–H and O–H groups in total. The topological polar surface area (TPSA) is 30.5 Å². The normalized spacial score (nSPS) is 18.0. The van der Waals surface area contributed by atoms with Crippen LogP contribution in [0.1, 0.15) is 32.3 Å². The van der Waals surface area contributed by atoms with Crippen molar-refractivity contribution in [1.82, 2.24) is 5.32 Å². The van der Waals surface area contributed by atoms with Gasteiger partial charge in [-0.2, -0.15) is 13.2 Å². The van der Waals surface area contributed by atoms with Crippen LogP contribution in [-0.4, -0.2) is 25.9 Å². The van der Waals surface area contributed by atoms with Gasteiger partial charge in [0.1, 0.15) is 5.54 Å². The summed E-state index contributed by atoms with van der Waals surface area (Å²) in [5.41, 5.74) is -1.97. The maximum Gasteiger partial charge on any atom is 0.410 e.